The molecule has 0 spiro atoms. The second-order valence-electron chi connectivity index (χ2n) is 7.93. The number of carbonyl (C=O) groups is 2. The number of anilines is 1. The minimum atomic E-state index is -0.867. The standard InChI is InChI=1S/C25H28ClN3O5S/c1-6-33-24(31)15(4)34-20-12-18(26)17(11-19(20)32-5)22-21(14(3)27-25(35)29-22)23(30)28-16-9-7-8-13(2)10-16/h7-12,15,22H,6H2,1-5H3,(H,28,30)(H2,27,29,35)/t15-,22-/m1/s1. The summed E-state index contributed by atoms with van der Waals surface area (Å²) in [6, 6.07) is 10.1. The number of aryl methyl sites for hydroxylation is 1. The first kappa shape index (κ1) is 26.3. The molecular formula is C25H28ClN3O5S. The summed E-state index contributed by atoms with van der Waals surface area (Å²) in [6.45, 7) is 7.25. The highest BCUT2D eigenvalue weighted by atomic mass is 35.5. The van der Waals surface area contributed by atoms with Gasteiger partial charge in [0.25, 0.3) is 5.91 Å². The van der Waals surface area contributed by atoms with E-state index in [1.54, 1.807) is 32.9 Å². The van der Waals surface area contributed by atoms with E-state index in [4.69, 9.17) is 38.0 Å². The summed E-state index contributed by atoms with van der Waals surface area (Å²) in [7, 11) is 1.47. The molecule has 0 saturated carbocycles. The molecule has 1 aliphatic rings. The molecule has 10 heteroatoms. The summed E-state index contributed by atoms with van der Waals surface area (Å²) in [4.78, 5) is 25.4. The number of allylic oxidation sites excluding steroid dienone is 1. The van der Waals surface area contributed by atoms with Crippen LogP contribution in [0, 0.1) is 6.92 Å². The molecule has 3 N–H and O–H groups in total. The van der Waals surface area contributed by atoms with Gasteiger partial charge in [-0.15, -0.1) is 0 Å². The van der Waals surface area contributed by atoms with Crippen molar-refractivity contribution in [1.29, 1.82) is 0 Å². The van der Waals surface area contributed by atoms with E-state index >= 15 is 0 Å². The molecule has 1 amide bonds. The van der Waals surface area contributed by atoms with E-state index in [2.05, 4.69) is 16.0 Å². The number of thiocarbonyl (C=S) groups is 1. The van der Waals surface area contributed by atoms with Crippen molar-refractivity contribution >= 4 is 46.5 Å². The average Bonchev–Trinajstić information content (AvgIpc) is 2.78. The molecule has 0 aliphatic carbocycles. The first-order valence-electron chi connectivity index (χ1n) is 11.0. The van der Waals surface area contributed by atoms with Gasteiger partial charge in [-0.2, -0.15) is 0 Å². The van der Waals surface area contributed by atoms with Crippen molar-refractivity contribution in [2.24, 2.45) is 0 Å². The van der Waals surface area contributed by atoms with Crippen molar-refractivity contribution in [2.75, 3.05) is 19.0 Å². The molecule has 0 fully saturated rings. The molecule has 35 heavy (non-hydrogen) atoms. The lowest BCUT2D eigenvalue weighted by molar-refractivity contribution is -0.150. The molecule has 2 aromatic rings. The van der Waals surface area contributed by atoms with Gasteiger partial charge in [-0.3, -0.25) is 4.79 Å². The summed E-state index contributed by atoms with van der Waals surface area (Å²) < 4.78 is 16.2. The molecule has 2 aromatic carbocycles. The molecule has 186 valence electrons. The molecule has 0 saturated heterocycles. The van der Waals surface area contributed by atoms with Crippen LogP contribution in [0.25, 0.3) is 0 Å². The highest BCUT2D eigenvalue weighted by Gasteiger charge is 2.32. The lowest BCUT2D eigenvalue weighted by Gasteiger charge is -2.31. The number of halogens is 1. The Morgan fingerprint density at radius 1 is 1.20 bits per heavy atom. The number of methoxy groups -OCH3 is 1. The van der Waals surface area contributed by atoms with Crippen molar-refractivity contribution in [2.45, 2.75) is 39.8 Å². The van der Waals surface area contributed by atoms with E-state index in [1.807, 2.05) is 31.2 Å². The summed E-state index contributed by atoms with van der Waals surface area (Å²) in [5, 5.41) is 9.72. The van der Waals surface area contributed by atoms with Crippen LogP contribution >= 0.6 is 23.8 Å². The molecule has 1 heterocycles. The summed E-state index contributed by atoms with van der Waals surface area (Å²) >= 11 is 12.0. The normalized spacial score (nSPS) is 16.1. The van der Waals surface area contributed by atoms with Crippen LogP contribution in [0.5, 0.6) is 11.5 Å². The lowest BCUT2D eigenvalue weighted by atomic mass is 9.94. The minimum Gasteiger partial charge on any atom is -0.493 e. The predicted molar refractivity (Wildman–Crippen MR) is 139 cm³/mol. The Morgan fingerprint density at radius 3 is 2.60 bits per heavy atom. The Hall–Kier alpha value is -3.30. The van der Waals surface area contributed by atoms with Gasteiger partial charge in [-0.25, -0.2) is 4.79 Å². The maximum Gasteiger partial charge on any atom is 0.347 e. The highest BCUT2D eigenvalue weighted by Crippen LogP contribution is 2.40. The number of hydrogen-bond donors (Lipinski definition) is 3. The molecule has 0 bridgehead atoms. The number of carbonyl (C=O) groups excluding carboxylic acids is 2. The number of esters is 1. The second-order valence-corrected chi connectivity index (χ2v) is 8.75. The van der Waals surface area contributed by atoms with Crippen molar-refractivity contribution < 1.29 is 23.8 Å². The van der Waals surface area contributed by atoms with Crippen molar-refractivity contribution in [1.82, 2.24) is 10.6 Å². The molecule has 0 radical (unpaired) electrons. The van der Waals surface area contributed by atoms with Gasteiger partial charge in [-0.05, 0) is 63.7 Å². The SMILES string of the molecule is CCOC(=O)[C@@H](C)Oc1cc(Cl)c([C@H]2NC(=S)NC(C)=C2C(=O)Nc2cccc(C)c2)cc1OC. The van der Waals surface area contributed by atoms with Gasteiger partial charge in [0.05, 0.1) is 30.4 Å². The van der Waals surface area contributed by atoms with Crippen LogP contribution in [0.1, 0.15) is 37.9 Å². The predicted octanol–water partition coefficient (Wildman–Crippen LogP) is 4.42. The van der Waals surface area contributed by atoms with Crippen LogP contribution in [0.3, 0.4) is 0 Å². The van der Waals surface area contributed by atoms with Gasteiger partial charge < -0.3 is 30.2 Å². The van der Waals surface area contributed by atoms with Crippen LogP contribution in [-0.4, -0.2) is 36.8 Å². The number of hydrogen-bond acceptors (Lipinski definition) is 6. The van der Waals surface area contributed by atoms with Crippen molar-refractivity contribution in [3.63, 3.8) is 0 Å². The van der Waals surface area contributed by atoms with E-state index < -0.39 is 18.1 Å². The van der Waals surface area contributed by atoms with E-state index in [9.17, 15) is 9.59 Å². The minimum absolute atomic E-state index is 0.240. The van der Waals surface area contributed by atoms with Gasteiger partial charge in [-0.1, -0.05) is 23.7 Å². The summed E-state index contributed by atoms with van der Waals surface area (Å²) in [6.07, 6.45) is -0.867. The zero-order chi connectivity index (χ0) is 25.7. The Morgan fingerprint density at radius 2 is 1.94 bits per heavy atom. The van der Waals surface area contributed by atoms with Gasteiger partial charge in [0.2, 0.25) is 0 Å². The lowest BCUT2D eigenvalue weighted by Crippen LogP contribution is -2.45. The quantitative estimate of drug-likeness (QED) is 0.350. The van der Waals surface area contributed by atoms with Gasteiger partial charge in [0, 0.05) is 23.0 Å². The maximum atomic E-state index is 13.4. The maximum absolute atomic E-state index is 13.4. The second kappa shape index (κ2) is 11.4. The summed E-state index contributed by atoms with van der Waals surface area (Å²) in [5.41, 5.74) is 3.25. The Labute approximate surface area is 215 Å². The van der Waals surface area contributed by atoms with Crippen LogP contribution in [-0.2, 0) is 14.3 Å². The zero-order valence-electron chi connectivity index (χ0n) is 20.2. The molecule has 0 unspecified atom stereocenters. The van der Waals surface area contributed by atoms with Crippen LogP contribution in [0.15, 0.2) is 47.7 Å². The topological polar surface area (TPSA) is 97.9 Å². The first-order chi connectivity index (χ1) is 16.6. The van der Waals surface area contributed by atoms with E-state index in [-0.39, 0.29) is 18.3 Å². The fourth-order valence-corrected chi connectivity index (χ4v) is 4.20. The number of nitrogens with one attached hydrogen (secondary N) is 3. The Balaban J connectivity index is 1.97. The van der Waals surface area contributed by atoms with Crippen LogP contribution in [0.2, 0.25) is 5.02 Å². The number of amides is 1. The third-order valence-electron chi connectivity index (χ3n) is 5.31. The van der Waals surface area contributed by atoms with Crippen molar-refractivity contribution in [3.05, 3.63) is 63.8 Å². The largest absolute Gasteiger partial charge is 0.493 e. The van der Waals surface area contributed by atoms with Gasteiger partial charge in [0.15, 0.2) is 22.7 Å². The molecule has 1 aliphatic heterocycles. The number of ether oxygens (including phenoxy) is 3. The fourth-order valence-electron chi connectivity index (χ4n) is 3.67. The molecule has 3 rings (SSSR count). The van der Waals surface area contributed by atoms with E-state index in [0.29, 0.717) is 38.4 Å². The fraction of sp³-hybridized carbons (Fsp3) is 0.320. The van der Waals surface area contributed by atoms with E-state index in [0.717, 1.165) is 5.56 Å². The highest BCUT2D eigenvalue weighted by molar-refractivity contribution is 7.80. The van der Waals surface area contributed by atoms with Crippen LogP contribution in [0.4, 0.5) is 5.69 Å². The third kappa shape index (κ3) is 6.23. The Kier molecular flexibility index (Phi) is 8.58. The number of rotatable bonds is 8. The monoisotopic (exact) mass is 517 g/mol. The molecule has 0 aromatic heterocycles. The van der Waals surface area contributed by atoms with Crippen molar-refractivity contribution in [3.8, 4) is 11.5 Å². The molecule has 2 atom stereocenters. The van der Waals surface area contributed by atoms with E-state index in [1.165, 1.54) is 7.11 Å². The zero-order valence-corrected chi connectivity index (χ0v) is 21.7. The molecule has 8 nitrogen and oxygen atoms in total. The van der Waals surface area contributed by atoms with Crippen LogP contribution < -0.4 is 25.4 Å². The summed E-state index contributed by atoms with van der Waals surface area (Å²) in [5.74, 6) is -0.214. The first-order valence-corrected chi connectivity index (χ1v) is 11.8. The number of benzene rings is 2. The molecular weight excluding hydrogens is 490 g/mol. The van der Waals surface area contributed by atoms with Gasteiger partial charge in [0.1, 0.15) is 0 Å². The Bertz CT molecular complexity index is 1180. The average molecular weight is 518 g/mol. The smallest absolute Gasteiger partial charge is 0.347 e. The van der Waals surface area contributed by atoms with Gasteiger partial charge >= 0.3 is 5.97 Å². The third-order valence-corrected chi connectivity index (χ3v) is 5.85.